The van der Waals surface area contributed by atoms with Crippen LogP contribution in [0, 0.1) is 0 Å². The molecule has 6 nitrogen and oxygen atoms in total. The Hall–Kier alpha value is -1.30. The van der Waals surface area contributed by atoms with Gasteiger partial charge in [-0.3, -0.25) is 0 Å². The molecule has 6 heteroatoms. The fraction of sp³-hybridized carbons (Fsp3) is 0.867. The van der Waals surface area contributed by atoms with Gasteiger partial charge in [0.05, 0.1) is 12.1 Å². The number of carboxylic acid groups (broad SMARTS) is 1. The van der Waals surface area contributed by atoms with Crippen molar-refractivity contribution in [1.29, 1.82) is 0 Å². The number of aliphatic hydroxyl groups is 1. The van der Waals surface area contributed by atoms with E-state index in [1.807, 2.05) is 6.92 Å². The zero-order valence-corrected chi connectivity index (χ0v) is 13.3. The van der Waals surface area contributed by atoms with Gasteiger partial charge in [0.25, 0.3) is 0 Å². The third-order valence-electron chi connectivity index (χ3n) is 3.96. The highest BCUT2D eigenvalue weighted by Crippen LogP contribution is 2.27. The second-order valence-corrected chi connectivity index (χ2v) is 6.56. The molecule has 1 aliphatic rings. The lowest BCUT2D eigenvalue weighted by Crippen LogP contribution is -2.59. The molecule has 0 saturated heterocycles. The fourth-order valence-corrected chi connectivity index (χ4v) is 2.80. The highest BCUT2D eigenvalue weighted by molar-refractivity contribution is 5.86. The van der Waals surface area contributed by atoms with E-state index in [2.05, 4.69) is 5.32 Å². The number of carbonyl (C=O) groups excluding carboxylic acids is 1. The lowest BCUT2D eigenvalue weighted by Gasteiger charge is -2.34. The van der Waals surface area contributed by atoms with Gasteiger partial charge in [-0.2, -0.15) is 0 Å². The normalized spacial score (nSPS) is 18.7. The lowest BCUT2D eigenvalue weighted by molar-refractivity contribution is -0.145. The Kier molecular flexibility index (Phi) is 6.01. The quantitative estimate of drug-likeness (QED) is 0.677. The van der Waals surface area contributed by atoms with Gasteiger partial charge in [0.15, 0.2) is 0 Å². The van der Waals surface area contributed by atoms with Crippen LogP contribution in [0.2, 0.25) is 0 Å². The van der Waals surface area contributed by atoms with E-state index in [9.17, 15) is 19.8 Å². The minimum Gasteiger partial charge on any atom is -0.480 e. The Balaban J connectivity index is 2.82. The number of hydrogen-bond donors (Lipinski definition) is 3. The van der Waals surface area contributed by atoms with Crippen molar-refractivity contribution in [1.82, 2.24) is 10.2 Å². The van der Waals surface area contributed by atoms with Gasteiger partial charge in [0.1, 0.15) is 5.54 Å². The van der Waals surface area contributed by atoms with E-state index in [-0.39, 0.29) is 6.54 Å². The number of urea groups is 1. The first-order valence-electron chi connectivity index (χ1n) is 7.73. The second-order valence-electron chi connectivity index (χ2n) is 6.56. The Labute approximate surface area is 126 Å². The van der Waals surface area contributed by atoms with Gasteiger partial charge in [0, 0.05) is 6.54 Å². The maximum absolute atomic E-state index is 12.4. The number of carbonyl (C=O) groups is 2. The molecule has 1 saturated carbocycles. The number of aliphatic carboxylic acids is 1. The molecule has 122 valence electrons. The van der Waals surface area contributed by atoms with Crippen LogP contribution in [0.5, 0.6) is 0 Å². The predicted molar refractivity (Wildman–Crippen MR) is 80.1 cm³/mol. The average molecular weight is 300 g/mol. The molecule has 1 aliphatic carbocycles. The molecular formula is C15H28N2O4. The molecule has 0 aromatic carbocycles. The SMILES string of the molecule is CCN(CC(C)(C)O)C(=O)NC1(C(=O)O)CCCCCC1. The highest BCUT2D eigenvalue weighted by atomic mass is 16.4. The van der Waals surface area contributed by atoms with Crippen LogP contribution < -0.4 is 5.32 Å². The standard InChI is InChI=1S/C15H28N2O4/c1-4-17(11-14(2,3)21)13(20)16-15(12(18)19)9-7-5-6-8-10-15/h21H,4-11H2,1-3H3,(H,16,20)(H,18,19). The average Bonchev–Trinajstić information content (AvgIpc) is 2.61. The second kappa shape index (κ2) is 7.11. The van der Waals surface area contributed by atoms with E-state index in [4.69, 9.17) is 0 Å². The number of carboxylic acids is 1. The predicted octanol–water partition coefficient (Wildman–Crippen LogP) is 1.97. The largest absolute Gasteiger partial charge is 0.480 e. The Morgan fingerprint density at radius 1 is 1.19 bits per heavy atom. The van der Waals surface area contributed by atoms with Crippen molar-refractivity contribution in [3.8, 4) is 0 Å². The summed E-state index contributed by atoms with van der Waals surface area (Å²) in [6, 6.07) is -0.413. The molecule has 21 heavy (non-hydrogen) atoms. The topological polar surface area (TPSA) is 89.9 Å². The molecule has 0 aromatic heterocycles. The van der Waals surface area contributed by atoms with Crippen LogP contribution in [0.3, 0.4) is 0 Å². The maximum Gasteiger partial charge on any atom is 0.329 e. The molecule has 0 aliphatic heterocycles. The van der Waals surface area contributed by atoms with E-state index in [0.29, 0.717) is 19.4 Å². The highest BCUT2D eigenvalue weighted by Gasteiger charge is 2.41. The van der Waals surface area contributed by atoms with Crippen LogP contribution in [-0.2, 0) is 4.79 Å². The van der Waals surface area contributed by atoms with Crippen LogP contribution in [0.15, 0.2) is 0 Å². The number of likely N-dealkylation sites (N-methyl/N-ethyl adjacent to an activating group) is 1. The summed E-state index contributed by atoms with van der Waals surface area (Å²) in [4.78, 5) is 25.5. The molecule has 0 unspecified atom stereocenters. The van der Waals surface area contributed by atoms with Gasteiger partial charge < -0.3 is 20.4 Å². The van der Waals surface area contributed by atoms with Crippen molar-refractivity contribution >= 4 is 12.0 Å². The van der Waals surface area contributed by atoms with Gasteiger partial charge >= 0.3 is 12.0 Å². The van der Waals surface area contributed by atoms with Crippen molar-refractivity contribution in [2.24, 2.45) is 0 Å². The summed E-state index contributed by atoms with van der Waals surface area (Å²) in [5, 5.41) is 22.1. The number of hydrogen-bond acceptors (Lipinski definition) is 3. The maximum atomic E-state index is 12.4. The third-order valence-corrected chi connectivity index (χ3v) is 3.96. The van der Waals surface area contributed by atoms with Gasteiger partial charge in [0.2, 0.25) is 0 Å². The third kappa shape index (κ3) is 5.19. The van der Waals surface area contributed by atoms with Gasteiger partial charge in [-0.1, -0.05) is 25.7 Å². The van der Waals surface area contributed by atoms with Gasteiger partial charge in [-0.05, 0) is 33.6 Å². The molecule has 0 bridgehead atoms. The summed E-state index contributed by atoms with van der Waals surface area (Å²) >= 11 is 0. The molecule has 1 rings (SSSR count). The molecule has 3 N–H and O–H groups in total. The summed E-state index contributed by atoms with van der Waals surface area (Å²) in [7, 11) is 0. The molecule has 0 aromatic rings. The van der Waals surface area contributed by atoms with Crippen molar-refractivity contribution in [2.75, 3.05) is 13.1 Å². The summed E-state index contributed by atoms with van der Waals surface area (Å²) in [5.74, 6) is -0.961. The van der Waals surface area contributed by atoms with Crippen molar-refractivity contribution < 1.29 is 19.8 Å². The first-order valence-corrected chi connectivity index (χ1v) is 7.73. The van der Waals surface area contributed by atoms with E-state index in [0.717, 1.165) is 25.7 Å². The van der Waals surface area contributed by atoms with Crippen LogP contribution in [0.25, 0.3) is 0 Å². The summed E-state index contributed by atoms with van der Waals surface area (Å²) in [6.07, 6.45) is 4.56. The number of rotatable bonds is 5. The Morgan fingerprint density at radius 3 is 2.10 bits per heavy atom. The summed E-state index contributed by atoms with van der Waals surface area (Å²) in [6.45, 7) is 5.66. The minimum absolute atomic E-state index is 0.172. The first-order chi connectivity index (χ1) is 9.70. The number of nitrogens with one attached hydrogen (secondary N) is 1. The van der Waals surface area contributed by atoms with E-state index in [1.165, 1.54) is 4.90 Å². The van der Waals surface area contributed by atoms with E-state index in [1.54, 1.807) is 13.8 Å². The van der Waals surface area contributed by atoms with Crippen LogP contribution in [0.1, 0.15) is 59.3 Å². The molecule has 1 fully saturated rings. The molecule has 0 atom stereocenters. The monoisotopic (exact) mass is 300 g/mol. The van der Waals surface area contributed by atoms with Gasteiger partial charge in [-0.25, -0.2) is 9.59 Å². The molecule has 0 radical (unpaired) electrons. The molecule has 0 heterocycles. The Bertz CT molecular complexity index is 368. The van der Waals surface area contributed by atoms with Gasteiger partial charge in [-0.15, -0.1) is 0 Å². The van der Waals surface area contributed by atoms with E-state index < -0.39 is 23.1 Å². The van der Waals surface area contributed by atoms with Crippen molar-refractivity contribution in [2.45, 2.75) is 70.4 Å². The van der Waals surface area contributed by atoms with Crippen molar-refractivity contribution in [3.63, 3.8) is 0 Å². The summed E-state index contributed by atoms with van der Waals surface area (Å²) in [5.41, 5.74) is -2.17. The smallest absolute Gasteiger partial charge is 0.329 e. The van der Waals surface area contributed by atoms with Crippen LogP contribution in [-0.4, -0.2) is 51.3 Å². The zero-order valence-electron chi connectivity index (χ0n) is 13.3. The molecule has 2 amide bonds. The molecule has 0 spiro atoms. The fourth-order valence-electron chi connectivity index (χ4n) is 2.80. The number of amides is 2. The number of nitrogens with zero attached hydrogens (tertiary/aromatic N) is 1. The van der Waals surface area contributed by atoms with E-state index >= 15 is 0 Å². The zero-order chi connectivity index (χ0) is 16.1. The Morgan fingerprint density at radius 2 is 1.71 bits per heavy atom. The van der Waals surface area contributed by atoms with Crippen molar-refractivity contribution in [3.05, 3.63) is 0 Å². The molecular weight excluding hydrogens is 272 g/mol. The summed E-state index contributed by atoms with van der Waals surface area (Å²) < 4.78 is 0. The first kappa shape index (κ1) is 17.8. The van der Waals surface area contributed by atoms with Crippen LogP contribution >= 0.6 is 0 Å². The van der Waals surface area contributed by atoms with Crippen LogP contribution in [0.4, 0.5) is 4.79 Å². The minimum atomic E-state index is -1.17. The lowest BCUT2D eigenvalue weighted by atomic mass is 9.90.